The summed E-state index contributed by atoms with van der Waals surface area (Å²) in [5.74, 6) is 0. The average molecular weight is 380 g/mol. The first-order valence-electron chi connectivity index (χ1n) is 8.33. The van der Waals surface area contributed by atoms with Gasteiger partial charge >= 0.3 is 0 Å². The number of fused-ring (bicyclic) bond motifs is 1. The van der Waals surface area contributed by atoms with E-state index in [0.717, 1.165) is 11.3 Å². The highest BCUT2D eigenvalue weighted by atomic mass is 32.1. The van der Waals surface area contributed by atoms with Crippen LogP contribution in [0.4, 0.5) is 11.4 Å². The zero-order valence-corrected chi connectivity index (χ0v) is 15.3. The van der Waals surface area contributed by atoms with Crippen LogP contribution in [0.5, 0.6) is 0 Å². The van der Waals surface area contributed by atoms with Crippen molar-refractivity contribution in [3.8, 4) is 0 Å². The third-order valence-corrected chi connectivity index (χ3v) is 5.42. The van der Waals surface area contributed by atoms with Crippen molar-refractivity contribution in [1.29, 1.82) is 0 Å². The summed E-state index contributed by atoms with van der Waals surface area (Å²) in [6.07, 6.45) is 1.74. The lowest BCUT2D eigenvalue weighted by atomic mass is 10.2. The van der Waals surface area contributed by atoms with Gasteiger partial charge in [0.1, 0.15) is 13.3 Å². The molecule has 0 radical (unpaired) electrons. The van der Waals surface area contributed by atoms with Gasteiger partial charge in [-0.1, -0.05) is 29.0 Å². The van der Waals surface area contributed by atoms with Crippen molar-refractivity contribution in [3.63, 3.8) is 0 Å². The highest BCUT2D eigenvalue weighted by Crippen LogP contribution is 2.16. The predicted octanol–water partition coefficient (Wildman–Crippen LogP) is 2.01. The van der Waals surface area contributed by atoms with Gasteiger partial charge < -0.3 is 4.90 Å². The van der Waals surface area contributed by atoms with Gasteiger partial charge in [0.25, 0.3) is 11.2 Å². The first-order chi connectivity index (χ1) is 13.0. The molecule has 7 nitrogen and oxygen atoms in total. The average Bonchev–Trinajstić information content (AvgIpc) is 2.98. The molecule has 0 saturated carbocycles. The van der Waals surface area contributed by atoms with E-state index in [9.17, 15) is 14.9 Å². The Morgan fingerprint density at radius 1 is 1.15 bits per heavy atom. The Morgan fingerprint density at radius 3 is 2.52 bits per heavy atom. The molecule has 0 fully saturated rings. The van der Waals surface area contributed by atoms with Crippen LogP contribution in [0.1, 0.15) is 11.1 Å². The summed E-state index contributed by atoms with van der Waals surface area (Å²) in [6, 6.07) is 14.3. The third-order valence-electron chi connectivity index (χ3n) is 4.38. The second-order valence-electron chi connectivity index (χ2n) is 6.29. The maximum atomic E-state index is 12.8. The Bertz CT molecular complexity index is 1180. The van der Waals surface area contributed by atoms with E-state index >= 15 is 0 Å². The molecule has 2 heterocycles. The maximum Gasteiger partial charge on any atom is 0.271 e. The molecule has 0 aliphatic carbocycles. The van der Waals surface area contributed by atoms with Crippen LogP contribution in [-0.2, 0) is 6.67 Å². The van der Waals surface area contributed by atoms with E-state index in [1.807, 2.05) is 36.1 Å². The van der Waals surface area contributed by atoms with Crippen molar-refractivity contribution >= 4 is 28.8 Å². The second kappa shape index (κ2) is 6.81. The number of rotatable bonds is 3. The van der Waals surface area contributed by atoms with Crippen molar-refractivity contribution < 1.29 is 4.92 Å². The van der Waals surface area contributed by atoms with Crippen LogP contribution in [0.15, 0.2) is 58.3 Å². The molecule has 27 heavy (non-hydrogen) atoms. The molecule has 4 rings (SSSR count). The summed E-state index contributed by atoms with van der Waals surface area (Å²) in [4.78, 5) is 30.3. The normalized spacial score (nSPS) is 14.0. The van der Waals surface area contributed by atoms with Gasteiger partial charge in [-0.2, -0.15) is 0 Å². The number of aromatic nitrogens is 1. The minimum absolute atomic E-state index is 0.0260. The molecule has 0 bridgehead atoms. The van der Waals surface area contributed by atoms with Crippen molar-refractivity contribution in [2.45, 2.75) is 13.6 Å². The van der Waals surface area contributed by atoms with E-state index in [4.69, 9.17) is 0 Å². The zero-order chi connectivity index (χ0) is 19.0. The van der Waals surface area contributed by atoms with E-state index in [1.54, 1.807) is 22.8 Å². The molecular weight excluding hydrogens is 364 g/mol. The molecule has 0 N–H and O–H groups in total. The lowest BCUT2D eigenvalue weighted by Crippen LogP contribution is -2.42. The van der Waals surface area contributed by atoms with Gasteiger partial charge in [0, 0.05) is 17.8 Å². The van der Waals surface area contributed by atoms with E-state index in [0.29, 0.717) is 22.7 Å². The molecule has 0 spiro atoms. The number of non-ortho nitro benzene ring substituents is 1. The zero-order valence-electron chi connectivity index (χ0n) is 14.5. The molecule has 0 amide bonds. The van der Waals surface area contributed by atoms with Crippen LogP contribution >= 0.6 is 11.3 Å². The quantitative estimate of drug-likeness (QED) is 0.514. The molecule has 0 atom stereocenters. The molecule has 1 aromatic heterocycles. The number of hydrogen-bond donors (Lipinski definition) is 0. The molecule has 2 aromatic carbocycles. The summed E-state index contributed by atoms with van der Waals surface area (Å²) < 4.78 is 2.22. The summed E-state index contributed by atoms with van der Waals surface area (Å²) in [5, 5.41) is 10.8. The number of nitrogens with zero attached hydrogens (tertiary/aromatic N) is 4. The van der Waals surface area contributed by atoms with Gasteiger partial charge in [0.2, 0.25) is 0 Å². The number of benzene rings is 2. The first kappa shape index (κ1) is 17.2. The third kappa shape index (κ3) is 3.39. The SMILES string of the molecule is Cc1ccc(N2CN=c3s/c(=C\c4ccc([N+](=O)[O-])cc4)c(=O)n3C2)cc1. The van der Waals surface area contributed by atoms with Gasteiger partial charge in [-0.15, -0.1) is 0 Å². The number of nitro groups is 1. The Balaban J connectivity index is 1.67. The summed E-state index contributed by atoms with van der Waals surface area (Å²) in [7, 11) is 0. The number of hydrogen-bond acceptors (Lipinski definition) is 6. The first-order valence-corrected chi connectivity index (χ1v) is 9.15. The molecule has 1 aliphatic rings. The standard InChI is InChI=1S/C19H16N4O3S/c1-13-2-6-15(7-3-13)21-11-20-19-22(12-21)18(24)17(27-19)10-14-4-8-16(9-5-14)23(25)26/h2-10H,11-12H2,1H3/b17-10-. The second-order valence-corrected chi connectivity index (χ2v) is 7.30. The van der Waals surface area contributed by atoms with Crippen LogP contribution in [0.3, 0.4) is 0 Å². The molecule has 0 unspecified atom stereocenters. The van der Waals surface area contributed by atoms with Crippen LogP contribution in [-0.4, -0.2) is 16.2 Å². The fraction of sp³-hybridized carbons (Fsp3) is 0.158. The lowest BCUT2D eigenvalue weighted by Gasteiger charge is -2.25. The molecule has 3 aromatic rings. The van der Waals surface area contributed by atoms with E-state index < -0.39 is 4.92 Å². The Labute approximate surface area is 158 Å². The summed E-state index contributed by atoms with van der Waals surface area (Å²) >= 11 is 1.33. The Kier molecular flexibility index (Phi) is 4.33. The van der Waals surface area contributed by atoms with Crippen LogP contribution in [0.25, 0.3) is 6.08 Å². The topological polar surface area (TPSA) is 80.7 Å². The molecule has 136 valence electrons. The van der Waals surface area contributed by atoms with Gasteiger partial charge in [0.05, 0.1) is 9.46 Å². The van der Waals surface area contributed by atoms with E-state index in [1.165, 1.54) is 29.0 Å². The van der Waals surface area contributed by atoms with Gasteiger partial charge in [-0.05, 0) is 42.8 Å². The van der Waals surface area contributed by atoms with Crippen molar-refractivity contribution in [3.05, 3.63) is 89.5 Å². The maximum absolute atomic E-state index is 12.8. The van der Waals surface area contributed by atoms with Gasteiger partial charge in [-0.3, -0.25) is 19.5 Å². The Hall–Kier alpha value is -3.26. The molecular formula is C19H16N4O3S. The van der Waals surface area contributed by atoms with E-state index in [2.05, 4.69) is 4.99 Å². The number of aryl methyl sites for hydroxylation is 1. The lowest BCUT2D eigenvalue weighted by molar-refractivity contribution is -0.384. The van der Waals surface area contributed by atoms with E-state index in [-0.39, 0.29) is 11.2 Å². The summed E-state index contributed by atoms with van der Waals surface area (Å²) in [6.45, 7) is 2.98. The van der Waals surface area contributed by atoms with Crippen LogP contribution < -0.4 is 19.8 Å². The molecule has 0 saturated heterocycles. The van der Waals surface area contributed by atoms with Gasteiger partial charge in [0.15, 0.2) is 4.80 Å². The number of thiazole rings is 1. The highest BCUT2D eigenvalue weighted by Gasteiger charge is 2.16. The fourth-order valence-electron chi connectivity index (χ4n) is 2.87. The number of nitro benzene ring substituents is 1. The fourth-order valence-corrected chi connectivity index (χ4v) is 3.84. The minimum Gasteiger partial charge on any atom is -0.334 e. The highest BCUT2D eigenvalue weighted by molar-refractivity contribution is 7.07. The Morgan fingerprint density at radius 2 is 1.85 bits per heavy atom. The largest absolute Gasteiger partial charge is 0.334 e. The number of anilines is 1. The van der Waals surface area contributed by atoms with Gasteiger partial charge in [-0.25, -0.2) is 4.99 Å². The summed E-state index contributed by atoms with van der Waals surface area (Å²) in [5.41, 5.74) is 2.87. The predicted molar refractivity (Wildman–Crippen MR) is 105 cm³/mol. The van der Waals surface area contributed by atoms with Crippen LogP contribution in [0, 0.1) is 17.0 Å². The van der Waals surface area contributed by atoms with Crippen molar-refractivity contribution in [1.82, 2.24) is 4.57 Å². The molecule has 1 aliphatic heterocycles. The van der Waals surface area contributed by atoms with Crippen LogP contribution in [0.2, 0.25) is 0 Å². The minimum atomic E-state index is -0.443. The monoisotopic (exact) mass is 380 g/mol. The van der Waals surface area contributed by atoms with Crippen molar-refractivity contribution in [2.75, 3.05) is 11.6 Å². The molecule has 8 heteroatoms. The van der Waals surface area contributed by atoms with Crippen molar-refractivity contribution in [2.24, 2.45) is 4.99 Å². The smallest absolute Gasteiger partial charge is 0.271 e.